The van der Waals surface area contributed by atoms with Crippen molar-refractivity contribution in [2.24, 2.45) is 0 Å². The summed E-state index contributed by atoms with van der Waals surface area (Å²) in [5.41, 5.74) is 0. The molecule has 0 unspecified atom stereocenters. The lowest BCUT2D eigenvalue weighted by Gasteiger charge is -2.25. The predicted molar refractivity (Wildman–Crippen MR) is 156 cm³/mol. The number of ketones is 2. The van der Waals surface area contributed by atoms with Gasteiger partial charge in [-0.15, -0.1) is 0 Å². The van der Waals surface area contributed by atoms with Crippen LogP contribution in [0.1, 0.15) is 44.9 Å². The second kappa shape index (κ2) is 21.8. The lowest BCUT2D eigenvalue weighted by molar-refractivity contribution is -0.128. The minimum atomic E-state index is -0.319. The summed E-state index contributed by atoms with van der Waals surface area (Å²) < 4.78 is 0. The van der Waals surface area contributed by atoms with Gasteiger partial charge in [0.1, 0.15) is 5.78 Å². The summed E-state index contributed by atoms with van der Waals surface area (Å²) in [7, 11) is 0. The minimum absolute atomic E-state index is 0.00273. The third-order valence-electron chi connectivity index (χ3n) is 6.05. The number of amides is 4. The van der Waals surface area contributed by atoms with Gasteiger partial charge < -0.3 is 20.0 Å². The van der Waals surface area contributed by atoms with E-state index in [1.807, 2.05) is 0 Å². The number of hydrogen-bond acceptors (Lipinski definition) is 6. The Balaban J connectivity index is 4.64. The number of hydrogen-bond donors (Lipinski definition) is 1. The van der Waals surface area contributed by atoms with Gasteiger partial charge in [0, 0.05) is 65.1 Å². The Bertz CT molecular complexity index is 942. The zero-order valence-corrected chi connectivity index (χ0v) is 23.6. The Labute approximate surface area is 238 Å². The first-order valence-corrected chi connectivity index (χ1v) is 13.4. The molecule has 10 nitrogen and oxygen atoms in total. The zero-order chi connectivity index (χ0) is 30.3. The summed E-state index contributed by atoms with van der Waals surface area (Å²) in [5, 5.41) is 2.62. The Hall–Kier alpha value is -4.08. The van der Waals surface area contributed by atoms with E-state index < -0.39 is 0 Å². The molecule has 0 atom stereocenters. The molecular formula is C30H44N4O6. The van der Waals surface area contributed by atoms with Crippen LogP contribution in [0.5, 0.6) is 0 Å². The molecule has 0 aliphatic rings. The molecule has 0 saturated heterocycles. The number of nitrogens with one attached hydrogen (secondary N) is 1. The molecule has 0 aromatic carbocycles. The molecule has 0 bridgehead atoms. The van der Waals surface area contributed by atoms with Crippen molar-refractivity contribution in [3.63, 3.8) is 0 Å². The maximum Gasteiger partial charge on any atom is 0.246 e. The number of Topliss-reactive ketones (excluding diaryl/α,β-unsaturated/α-hetero) is 1. The predicted octanol–water partition coefficient (Wildman–Crippen LogP) is 2.39. The van der Waals surface area contributed by atoms with Gasteiger partial charge >= 0.3 is 0 Å². The first-order valence-electron chi connectivity index (χ1n) is 13.4. The second-order valence-corrected chi connectivity index (χ2v) is 8.96. The van der Waals surface area contributed by atoms with Gasteiger partial charge in [-0.1, -0.05) is 32.9 Å². The highest BCUT2D eigenvalue weighted by molar-refractivity contribution is 5.90. The number of allylic oxidation sites excluding steroid dienone is 1. The number of unbranched alkanes of at least 4 members (excludes halogenated alkanes) is 1. The van der Waals surface area contributed by atoms with Crippen molar-refractivity contribution in [3.05, 3.63) is 63.3 Å². The van der Waals surface area contributed by atoms with Gasteiger partial charge in [0.15, 0.2) is 5.78 Å². The van der Waals surface area contributed by atoms with Gasteiger partial charge in [0.2, 0.25) is 23.6 Å². The third kappa shape index (κ3) is 16.0. The van der Waals surface area contributed by atoms with Gasteiger partial charge in [0.25, 0.3) is 0 Å². The first kappa shape index (κ1) is 35.9. The minimum Gasteiger partial charge on any atom is -0.351 e. The Morgan fingerprint density at radius 3 is 1.52 bits per heavy atom. The lowest BCUT2D eigenvalue weighted by Crippen LogP contribution is -2.38. The van der Waals surface area contributed by atoms with Crippen molar-refractivity contribution in [2.45, 2.75) is 44.9 Å². The first-order chi connectivity index (χ1) is 19.1. The van der Waals surface area contributed by atoms with E-state index in [2.05, 4.69) is 38.2 Å². The van der Waals surface area contributed by atoms with E-state index in [-0.39, 0.29) is 54.7 Å². The summed E-state index contributed by atoms with van der Waals surface area (Å²) in [5.74, 6) is -1.21. The van der Waals surface area contributed by atoms with Crippen molar-refractivity contribution < 1.29 is 28.8 Å². The molecular weight excluding hydrogens is 512 g/mol. The van der Waals surface area contributed by atoms with E-state index in [1.54, 1.807) is 9.80 Å². The van der Waals surface area contributed by atoms with E-state index in [9.17, 15) is 28.8 Å². The van der Waals surface area contributed by atoms with Crippen LogP contribution in [0.3, 0.4) is 0 Å². The zero-order valence-electron chi connectivity index (χ0n) is 23.6. The van der Waals surface area contributed by atoms with Gasteiger partial charge in [-0.3, -0.25) is 28.8 Å². The molecule has 0 rings (SSSR count). The van der Waals surface area contributed by atoms with E-state index in [0.29, 0.717) is 71.2 Å². The molecule has 0 aliphatic heterocycles. The average Bonchev–Trinajstić information content (AvgIpc) is 2.97. The molecule has 220 valence electrons. The smallest absolute Gasteiger partial charge is 0.246 e. The number of carbonyl (C=O) groups is 6. The fourth-order valence-corrected chi connectivity index (χ4v) is 3.78. The number of carbonyl (C=O) groups excluding carboxylic acids is 6. The van der Waals surface area contributed by atoms with E-state index in [4.69, 9.17) is 0 Å². The quantitative estimate of drug-likeness (QED) is 0.144. The summed E-state index contributed by atoms with van der Waals surface area (Å²) in [4.78, 5) is 76.4. The summed E-state index contributed by atoms with van der Waals surface area (Å²) in [6, 6.07) is 0. The van der Waals surface area contributed by atoms with Crippen LogP contribution in [0.4, 0.5) is 0 Å². The molecule has 0 aromatic heterocycles. The summed E-state index contributed by atoms with van der Waals surface area (Å²) in [6.07, 6.45) is 8.98. The fraction of sp³-hybridized carbons (Fsp3) is 0.467. The van der Waals surface area contributed by atoms with Gasteiger partial charge in [0.05, 0.1) is 0 Å². The van der Waals surface area contributed by atoms with E-state index >= 15 is 0 Å². The van der Waals surface area contributed by atoms with Crippen LogP contribution in [0, 0.1) is 0 Å². The molecule has 1 N–H and O–H groups in total. The van der Waals surface area contributed by atoms with Crippen LogP contribution >= 0.6 is 0 Å². The largest absolute Gasteiger partial charge is 0.351 e. The normalized spacial score (nSPS) is 10.0. The van der Waals surface area contributed by atoms with Crippen LogP contribution < -0.4 is 5.32 Å². The molecule has 0 spiro atoms. The monoisotopic (exact) mass is 556 g/mol. The topological polar surface area (TPSA) is 124 Å². The van der Waals surface area contributed by atoms with E-state index in [0.717, 1.165) is 6.08 Å². The van der Waals surface area contributed by atoms with Gasteiger partial charge in [-0.2, -0.15) is 0 Å². The van der Waals surface area contributed by atoms with Gasteiger partial charge in [-0.25, -0.2) is 0 Å². The highest BCUT2D eigenvalue weighted by Gasteiger charge is 2.16. The molecule has 10 heteroatoms. The Morgan fingerprint density at radius 2 is 1.00 bits per heavy atom. The van der Waals surface area contributed by atoms with Crippen molar-refractivity contribution >= 4 is 35.2 Å². The highest BCUT2D eigenvalue weighted by atomic mass is 16.2. The van der Waals surface area contributed by atoms with Crippen molar-refractivity contribution in [1.82, 2.24) is 20.0 Å². The van der Waals surface area contributed by atoms with Crippen LogP contribution in [0.25, 0.3) is 0 Å². The average molecular weight is 557 g/mol. The van der Waals surface area contributed by atoms with Crippen LogP contribution in [-0.2, 0) is 28.8 Å². The molecule has 0 aliphatic carbocycles. The van der Waals surface area contributed by atoms with E-state index in [1.165, 1.54) is 29.2 Å². The number of rotatable bonds is 24. The fourth-order valence-electron chi connectivity index (χ4n) is 3.78. The SMILES string of the molecule is C=CC(=O)CCCN(CCCN(CCC(=O)CCCCN(CCNC(=O)C=C)C(=O)C=C)C(=O)C=C)C(=O)C=C. The molecule has 0 aromatic rings. The molecule has 40 heavy (non-hydrogen) atoms. The summed E-state index contributed by atoms with van der Waals surface area (Å²) in [6.45, 7) is 19.7. The Morgan fingerprint density at radius 1 is 0.500 bits per heavy atom. The van der Waals surface area contributed by atoms with Crippen molar-refractivity contribution in [1.29, 1.82) is 0 Å². The maximum absolute atomic E-state index is 12.5. The van der Waals surface area contributed by atoms with Crippen molar-refractivity contribution in [2.75, 3.05) is 45.8 Å². The lowest BCUT2D eigenvalue weighted by atomic mass is 10.1. The Kier molecular flexibility index (Phi) is 19.6. The molecule has 0 heterocycles. The second-order valence-electron chi connectivity index (χ2n) is 8.96. The maximum atomic E-state index is 12.5. The highest BCUT2D eigenvalue weighted by Crippen LogP contribution is 2.06. The van der Waals surface area contributed by atoms with Crippen LogP contribution in [0.15, 0.2) is 63.3 Å². The third-order valence-corrected chi connectivity index (χ3v) is 6.05. The molecule has 0 saturated carbocycles. The van der Waals surface area contributed by atoms with Crippen LogP contribution in [0.2, 0.25) is 0 Å². The molecule has 4 amide bonds. The van der Waals surface area contributed by atoms with Gasteiger partial charge in [-0.05, 0) is 56.1 Å². The summed E-state index contributed by atoms with van der Waals surface area (Å²) >= 11 is 0. The number of nitrogens with zero attached hydrogens (tertiary/aromatic N) is 3. The van der Waals surface area contributed by atoms with Crippen molar-refractivity contribution in [3.8, 4) is 0 Å². The molecule has 0 fully saturated rings. The van der Waals surface area contributed by atoms with Crippen LogP contribution in [-0.4, -0.2) is 95.7 Å². The molecule has 0 radical (unpaired) electrons. The standard InChI is InChI=1S/C30H44N4O6/c1-6-25(35)16-13-20-32(28(38)8-3)21-14-22-33(29(39)9-4)23-17-26(36)15-11-12-19-34(30(40)10-5)24-18-31-27(37)7-2/h6-10H,1-5,11-24H2,(H,31,37).